The number of hydrogen-bond donors (Lipinski definition) is 1. The Bertz CT molecular complexity index is 589. The molecule has 0 saturated carbocycles. The number of aliphatic carboxylic acids is 1. The Morgan fingerprint density at radius 2 is 1.63 bits per heavy atom. The van der Waals surface area contributed by atoms with Gasteiger partial charge in [0.15, 0.2) is 0 Å². The Morgan fingerprint density at radius 3 is 2.32 bits per heavy atom. The van der Waals surface area contributed by atoms with Crippen molar-refractivity contribution in [3.05, 3.63) is 71.3 Å². The smallest absolute Gasteiger partial charge is 0.303 e. The zero-order valence-electron chi connectivity index (χ0n) is 10.6. The van der Waals surface area contributed by atoms with Crippen LogP contribution in [0.1, 0.15) is 41.4 Å². The maximum Gasteiger partial charge on any atom is 0.303 e. The van der Waals surface area contributed by atoms with Crippen LogP contribution in [0.3, 0.4) is 0 Å². The minimum absolute atomic E-state index is 0.138. The molecule has 2 nitrogen and oxygen atoms in total. The van der Waals surface area contributed by atoms with Gasteiger partial charge in [-0.05, 0) is 29.0 Å². The van der Waals surface area contributed by atoms with Crippen LogP contribution in [0.4, 0.5) is 0 Å². The second-order valence-corrected chi connectivity index (χ2v) is 5.12. The number of carbonyl (C=O) groups is 1. The third-order valence-electron chi connectivity index (χ3n) is 3.95. The maximum absolute atomic E-state index is 11.0. The Labute approximate surface area is 112 Å². The Kier molecular flexibility index (Phi) is 3.08. The summed E-state index contributed by atoms with van der Waals surface area (Å²) < 4.78 is 0. The van der Waals surface area contributed by atoms with Crippen molar-refractivity contribution >= 4 is 5.97 Å². The molecule has 2 aromatic carbocycles. The molecular formula is C17H16O2. The molecule has 2 unspecified atom stereocenters. The van der Waals surface area contributed by atoms with Crippen LogP contribution < -0.4 is 0 Å². The SMILES string of the molecule is O=C(O)CC1CC(c2ccccc2)c2ccccc21. The van der Waals surface area contributed by atoms with E-state index in [1.807, 2.05) is 30.3 Å². The lowest BCUT2D eigenvalue weighted by Gasteiger charge is -2.11. The van der Waals surface area contributed by atoms with Crippen LogP contribution in [-0.4, -0.2) is 11.1 Å². The standard InChI is InChI=1S/C17H16O2/c18-17(19)11-13-10-16(12-6-2-1-3-7-12)15-9-5-4-8-14(13)15/h1-9,13,16H,10-11H2,(H,18,19). The van der Waals surface area contributed by atoms with Gasteiger partial charge in [-0.1, -0.05) is 54.6 Å². The fourth-order valence-electron chi connectivity index (χ4n) is 3.14. The summed E-state index contributed by atoms with van der Waals surface area (Å²) >= 11 is 0. The number of hydrogen-bond acceptors (Lipinski definition) is 1. The van der Waals surface area contributed by atoms with Crippen LogP contribution >= 0.6 is 0 Å². The summed E-state index contributed by atoms with van der Waals surface area (Å²) in [6, 6.07) is 18.6. The molecule has 1 aliphatic carbocycles. The lowest BCUT2D eigenvalue weighted by Crippen LogP contribution is -2.03. The van der Waals surface area contributed by atoms with Gasteiger partial charge in [-0.2, -0.15) is 0 Å². The molecule has 0 spiro atoms. The molecule has 0 bridgehead atoms. The minimum Gasteiger partial charge on any atom is -0.481 e. The van der Waals surface area contributed by atoms with Gasteiger partial charge in [-0.15, -0.1) is 0 Å². The monoisotopic (exact) mass is 252 g/mol. The van der Waals surface area contributed by atoms with E-state index in [9.17, 15) is 4.79 Å². The number of carboxylic acids is 1. The zero-order chi connectivity index (χ0) is 13.2. The first-order valence-corrected chi connectivity index (χ1v) is 6.61. The van der Waals surface area contributed by atoms with E-state index in [0.717, 1.165) is 6.42 Å². The Morgan fingerprint density at radius 1 is 1.00 bits per heavy atom. The van der Waals surface area contributed by atoms with Gasteiger partial charge in [0.2, 0.25) is 0 Å². The highest BCUT2D eigenvalue weighted by atomic mass is 16.4. The molecule has 2 aromatic rings. The van der Waals surface area contributed by atoms with Crippen LogP contribution in [0.5, 0.6) is 0 Å². The Hall–Kier alpha value is -2.09. The molecule has 2 heteroatoms. The summed E-state index contributed by atoms with van der Waals surface area (Å²) in [6.45, 7) is 0. The van der Waals surface area contributed by atoms with E-state index in [1.54, 1.807) is 0 Å². The summed E-state index contributed by atoms with van der Waals surface area (Å²) in [4.78, 5) is 11.0. The highest BCUT2D eigenvalue weighted by Crippen LogP contribution is 2.46. The summed E-state index contributed by atoms with van der Waals surface area (Å²) in [5.41, 5.74) is 3.78. The van der Waals surface area contributed by atoms with Gasteiger partial charge in [-0.25, -0.2) is 0 Å². The second-order valence-electron chi connectivity index (χ2n) is 5.12. The van der Waals surface area contributed by atoms with Gasteiger partial charge in [0.05, 0.1) is 6.42 Å². The lowest BCUT2D eigenvalue weighted by molar-refractivity contribution is -0.137. The fraction of sp³-hybridized carbons (Fsp3) is 0.235. The lowest BCUT2D eigenvalue weighted by atomic mass is 9.92. The van der Waals surface area contributed by atoms with E-state index >= 15 is 0 Å². The Balaban J connectivity index is 1.99. The molecule has 1 aliphatic rings. The van der Waals surface area contributed by atoms with Gasteiger partial charge in [0, 0.05) is 5.92 Å². The van der Waals surface area contributed by atoms with Gasteiger partial charge in [0.1, 0.15) is 0 Å². The minimum atomic E-state index is -0.714. The largest absolute Gasteiger partial charge is 0.481 e. The van der Waals surface area contributed by atoms with Crippen LogP contribution in [0.15, 0.2) is 54.6 Å². The van der Waals surface area contributed by atoms with Gasteiger partial charge in [-0.3, -0.25) is 4.79 Å². The van der Waals surface area contributed by atoms with E-state index in [0.29, 0.717) is 5.92 Å². The molecule has 0 aromatic heterocycles. The van der Waals surface area contributed by atoms with Crippen molar-refractivity contribution in [1.29, 1.82) is 0 Å². The predicted octanol–water partition coefficient (Wildman–Crippen LogP) is 3.78. The first-order valence-electron chi connectivity index (χ1n) is 6.61. The molecule has 1 N–H and O–H groups in total. The molecule has 0 aliphatic heterocycles. The molecule has 0 fully saturated rings. The first kappa shape index (κ1) is 12.0. The molecular weight excluding hydrogens is 236 g/mol. The normalized spacial score (nSPS) is 21.1. The van der Waals surface area contributed by atoms with Gasteiger partial charge in [0.25, 0.3) is 0 Å². The molecule has 96 valence electrons. The number of rotatable bonds is 3. The second kappa shape index (κ2) is 4.88. The van der Waals surface area contributed by atoms with Crippen molar-refractivity contribution < 1.29 is 9.90 Å². The number of fused-ring (bicyclic) bond motifs is 1. The van der Waals surface area contributed by atoms with Gasteiger partial charge < -0.3 is 5.11 Å². The van der Waals surface area contributed by atoms with Crippen LogP contribution in [0.25, 0.3) is 0 Å². The quantitative estimate of drug-likeness (QED) is 0.902. The van der Waals surface area contributed by atoms with Crippen molar-refractivity contribution in [2.45, 2.75) is 24.7 Å². The molecule has 0 radical (unpaired) electrons. The first-order chi connectivity index (χ1) is 9.25. The van der Waals surface area contributed by atoms with E-state index in [2.05, 4.69) is 24.3 Å². The van der Waals surface area contributed by atoms with Crippen molar-refractivity contribution in [3.63, 3.8) is 0 Å². The van der Waals surface area contributed by atoms with E-state index in [1.165, 1.54) is 16.7 Å². The van der Waals surface area contributed by atoms with Gasteiger partial charge >= 0.3 is 5.97 Å². The molecule has 0 heterocycles. The van der Waals surface area contributed by atoms with E-state index in [4.69, 9.17) is 5.11 Å². The number of carboxylic acid groups (broad SMARTS) is 1. The van der Waals surface area contributed by atoms with Crippen molar-refractivity contribution in [2.75, 3.05) is 0 Å². The molecule has 0 saturated heterocycles. The topological polar surface area (TPSA) is 37.3 Å². The highest BCUT2D eigenvalue weighted by molar-refractivity contribution is 5.68. The van der Waals surface area contributed by atoms with Crippen LogP contribution in [-0.2, 0) is 4.79 Å². The zero-order valence-corrected chi connectivity index (χ0v) is 10.6. The van der Waals surface area contributed by atoms with Crippen LogP contribution in [0.2, 0.25) is 0 Å². The average Bonchev–Trinajstić information content (AvgIpc) is 2.78. The average molecular weight is 252 g/mol. The summed E-state index contributed by atoms with van der Waals surface area (Å²) in [5.74, 6) is -0.242. The van der Waals surface area contributed by atoms with E-state index < -0.39 is 5.97 Å². The molecule has 3 rings (SSSR count). The fourth-order valence-corrected chi connectivity index (χ4v) is 3.14. The third kappa shape index (κ3) is 2.26. The van der Waals surface area contributed by atoms with E-state index in [-0.39, 0.29) is 12.3 Å². The van der Waals surface area contributed by atoms with Crippen LogP contribution in [0, 0.1) is 0 Å². The summed E-state index contributed by atoms with van der Waals surface area (Å²) in [6.07, 6.45) is 1.12. The van der Waals surface area contributed by atoms with Crippen molar-refractivity contribution in [3.8, 4) is 0 Å². The summed E-state index contributed by atoms with van der Waals surface area (Å²) in [5, 5.41) is 9.06. The molecule has 0 amide bonds. The van der Waals surface area contributed by atoms with Crippen molar-refractivity contribution in [2.24, 2.45) is 0 Å². The maximum atomic E-state index is 11.0. The molecule has 19 heavy (non-hydrogen) atoms. The highest BCUT2D eigenvalue weighted by Gasteiger charge is 2.32. The van der Waals surface area contributed by atoms with Crippen molar-refractivity contribution in [1.82, 2.24) is 0 Å². The third-order valence-corrected chi connectivity index (χ3v) is 3.95. The molecule has 2 atom stereocenters. The number of benzene rings is 2. The predicted molar refractivity (Wildman–Crippen MR) is 74.3 cm³/mol. The summed E-state index contributed by atoms with van der Waals surface area (Å²) in [7, 11) is 0.